The lowest BCUT2D eigenvalue weighted by Gasteiger charge is -2.18. The molecule has 8 nitrogen and oxygen atoms in total. The second-order valence-electron chi connectivity index (χ2n) is 3.98. The third-order valence-corrected chi connectivity index (χ3v) is 2.66. The van der Waals surface area contributed by atoms with Crippen LogP contribution in [0.1, 0.15) is 18.5 Å². The first-order chi connectivity index (χ1) is 8.54. The SMILES string of the molecule is CC(C#N)On1c(C2C=CNC2N)c(N)[nH]c1=O. The maximum atomic E-state index is 11.7. The van der Waals surface area contributed by atoms with Crippen molar-refractivity contribution < 1.29 is 4.84 Å². The van der Waals surface area contributed by atoms with E-state index in [1.165, 1.54) is 6.92 Å². The number of nitriles is 1. The van der Waals surface area contributed by atoms with E-state index in [0.29, 0.717) is 5.69 Å². The fourth-order valence-corrected chi connectivity index (χ4v) is 1.81. The van der Waals surface area contributed by atoms with Crippen LogP contribution >= 0.6 is 0 Å². The average molecular weight is 250 g/mol. The first-order valence-corrected chi connectivity index (χ1v) is 5.40. The summed E-state index contributed by atoms with van der Waals surface area (Å²) in [5.74, 6) is -0.117. The van der Waals surface area contributed by atoms with Gasteiger partial charge in [0.25, 0.3) is 0 Å². The molecule has 0 fully saturated rings. The molecular weight excluding hydrogens is 236 g/mol. The summed E-state index contributed by atoms with van der Waals surface area (Å²) >= 11 is 0. The van der Waals surface area contributed by atoms with Crippen molar-refractivity contribution >= 4 is 5.82 Å². The van der Waals surface area contributed by atoms with Crippen LogP contribution in [-0.2, 0) is 0 Å². The molecule has 1 aliphatic heterocycles. The molecule has 3 atom stereocenters. The van der Waals surface area contributed by atoms with Gasteiger partial charge in [-0.15, -0.1) is 4.73 Å². The summed E-state index contributed by atoms with van der Waals surface area (Å²) in [5, 5.41) is 11.6. The number of nitrogens with one attached hydrogen (secondary N) is 2. The van der Waals surface area contributed by atoms with Crippen LogP contribution in [0.15, 0.2) is 17.1 Å². The zero-order chi connectivity index (χ0) is 13.3. The van der Waals surface area contributed by atoms with E-state index in [4.69, 9.17) is 21.6 Å². The fourth-order valence-electron chi connectivity index (χ4n) is 1.81. The second-order valence-corrected chi connectivity index (χ2v) is 3.98. The molecule has 0 spiro atoms. The van der Waals surface area contributed by atoms with Crippen molar-refractivity contribution in [2.75, 3.05) is 5.73 Å². The highest BCUT2D eigenvalue weighted by Crippen LogP contribution is 2.25. The topological polar surface area (TPSA) is 135 Å². The number of nitrogens with two attached hydrogens (primary N) is 2. The summed E-state index contributed by atoms with van der Waals surface area (Å²) in [6, 6.07) is 1.88. The number of hydrogen-bond acceptors (Lipinski definition) is 6. The predicted molar refractivity (Wildman–Crippen MR) is 64.1 cm³/mol. The molecule has 0 bridgehead atoms. The number of rotatable bonds is 3. The van der Waals surface area contributed by atoms with Crippen LogP contribution < -0.4 is 27.3 Å². The monoisotopic (exact) mass is 250 g/mol. The van der Waals surface area contributed by atoms with Gasteiger partial charge in [0.1, 0.15) is 17.6 Å². The van der Waals surface area contributed by atoms with Gasteiger partial charge in [-0.1, -0.05) is 6.08 Å². The minimum absolute atomic E-state index is 0.180. The summed E-state index contributed by atoms with van der Waals surface area (Å²) in [7, 11) is 0. The number of aromatic amines is 1. The Morgan fingerprint density at radius 1 is 1.67 bits per heavy atom. The second kappa shape index (κ2) is 4.46. The third kappa shape index (κ3) is 1.91. The van der Waals surface area contributed by atoms with Crippen LogP contribution in [0.25, 0.3) is 0 Å². The summed E-state index contributed by atoms with van der Waals surface area (Å²) < 4.78 is 0.991. The average Bonchev–Trinajstić information content (AvgIpc) is 2.84. The molecule has 1 aromatic rings. The largest absolute Gasteiger partial charge is 0.391 e. The van der Waals surface area contributed by atoms with Crippen LogP contribution in [-0.4, -0.2) is 22.0 Å². The van der Waals surface area contributed by atoms with E-state index >= 15 is 0 Å². The van der Waals surface area contributed by atoms with Gasteiger partial charge in [0.2, 0.25) is 6.10 Å². The van der Waals surface area contributed by atoms with Gasteiger partial charge < -0.3 is 21.6 Å². The Balaban J connectivity index is 2.43. The van der Waals surface area contributed by atoms with E-state index in [0.717, 1.165) is 4.73 Å². The van der Waals surface area contributed by atoms with Gasteiger partial charge in [0, 0.05) is 0 Å². The maximum Gasteiger partial charge on any atom is 0.360 e. The number of aromatic nitrogens is 2. The molecule has 3 unspecified atom stereocenters. The van der Waals surface area contributed by atoms with Gasteiger partial charge in [-0.3, -0.25) is 4.98 Å². The zero-order valence-electron chi connectivity index (χ0n) is 9.75. The third-order valence-electron chi connectivity index (χ3n) is 2.66. The molecule has 0 aliphatic carbocycles. The Labute approximate surface area is 103 Å². The van der Waals surface area contributed by atoms with Gasteiger partial charge in [-0.2, -0.15) is 5.26 Å². The van der Waals surface area contributed by atoms with Gasteiger partial charge in [0.05, 0.1) is 12.1 Å². The van der Waals surface area contributed by atoms with Crippen molar-refractivity contribution in [3.8, 4) is 6.07 Å². The van der Waals surface area contributed by atoms with Crippen molar-refractivity contribution in [3.63, 3.8) is 0 Å². The Morgan fingerprint density at radius 3 is 2.94 bits per heavy atom. The molecule has 0 saturated carbocycles. The van der Waals surface area contributed by atoms with Crippen LogP contribution in [0.5, 0.6) is 0 Å². The van der Waals surface area contributed by atoms with Gasteiger partial charge >= 0.3 is 5.69 Å². The van der Waals surface area contributed by atoms with Gasteiger partial charge in [-0.05, 0) is 13.1 Å². The molecule has 96 valence electrons. The highest BCUT2D eigenvalue weighted by atomic mass is 16.7. The zero-order valence-corrected chi connectivity index (χ0v) is 9.75. The van der Waals surface area contributed by atoms with E-state index < -0.39 is 18.0 Å². The molecule has 8 heteroatoms. The van der Waals surface area contributed by atoms with E-state index in [9.17, 15) is 4.79 Å². The summed E-state index contributed by atoms with van der Waals surface area (Å²) in [4.78, 5) is 19.3. The van der Waals surface area contributed by atoms with E-state index in [-0.39, 0.29) is 11.7 Å². The lowest BCUT2D eigenvalue weighted by Crippen LogP contribution is -2.38. The number of anilines is 1. The molecule has 0 amide bonds. The van der Waals surface area contributed by atoms with Crippen LogP contribution in [0.2, 0.25) is 0 Å². The van der Waals surface area contributed by atoms with E-state index in [1.54, 1.807) is 12.3 Å². The first-order valence-electron chi connectivity index (χ1n) is 5.40. The van der Waals surface area contributed by atoms with Gasteiger partial charge in [-0.25, -0.2) is 4.79 Å². The molecule has 2 heterocycles. The summed E-state index contributed by atoms with van der Waals surface area (Å²) in [6.45, 7) is 1.53. The molecule has 0 radical (unpaired) electrons. The van der Waals surface area contributed by atoms with Crippen molar-refractivity contribution in [1.82, 2.24) is 15.0 Å². The van der Waals surface area contributed by atoms with Gasteiger partial charge in [0.15, 0.2) is 0 Å². The molecule has 1 aromatic heterocycles. The summed E-state index contributed by atoms with van der Waals surface area (Å²) in [6.07, 6.45) is 2.30. The molecule has 18 heavy (non-hydrogen) atoms. The number of nitrogen functional groups attached to an aromatic ring is 1. The van der Waals surface area contributed by atoms with Crippen molar-refractivity contribution in [1.29, 1.82) is 5.26 Å². The highest BCUT2D eigenvalue weighted by molar-refractivity contribution is 5.41. The minimum Gasteiger partial charge on any atom is -0.391 e. The van der Waals surface area contributed by atoms with Crippen LogP contribution in [0, 0.1) is 11.3 Å². The molecule has 2 rings (SSSR count). The fraction of sp³-hybridized carbons (Fsp3) is 0.400. The number of nitrogens with zero attached hydrogens (tertiary/aromatic N) is 2. The first kappa shape index (κ1) is 12.1. The lowest BCUT2D eigenvalue weighted by molar-refractivity contribution is 0.0668. The number of H-pyrrole nitrogens is 1. The van der Waals surface area contributed by atoms with Crippen LogP contribution in [0.3, 0.4) is 0 Å². The summed E-state index contributed by atoms with van der Waals surface area (Å²) in [5.41, 5.74) is 11.5. The number of hydrogen-bond donors (Lipinski definition) is 4. The van der Waals surface area contributed by atoms with Crippen molar-refractivity contribution in [2.24, 2.45) is 5.73 Å². The predicted octanol–water partition coefficient (Wildman–Crippen LogP) is -1.42. The Morgan fingerprint density at radius 2 is 2.39 bits per heavy atom. The highest BCUT2D eigenvalue weighted by Gasteiger charge is 2.29. The Kier molecular flexibility index (Phi) is 2.99. The normalized spacial score (nSPS) is 23.4. The van der Waals surface area contributed by atoms with Crippen molar-refractivity contribution in [2.45, 2.75) is 25.1 Å². The van der Waals surface area contributed by atoms with E-state index in [1.807, 2.05) is 6.07 Å². The molecule has 0 aromatic carbocycles. The minimum atomic E-state index is -0.772. The standard InChI is InChI=1S/C10H14N6O2/c1-5(4-11)18-16-7(9(13)15-10(16)17)6-2-3-14-8(6)12/h2-3,5-6,8,14H,12-13H2,1H3,(H,15,17). The lowest BCUT2D eigenvalue weighted by atomic mass is 10.0. The van der Waals surface area contributed by atoms with Crippen molar-refractivity contribution in [3.05, 3.63) is 28.5 Å². The molecule has 1 aliphatic rings. The molecule has 6 N–H and O–H groups in total. The maximum absolute atomic E-state index is 11.7. The van der Waals surface area contributed by atoms with Crippen LogP contribution in [0.4, 0.5) is 5.82 Å². The van der Waals surface area contributed by atoms with E-state index in [2.05, 4.69) is 10.3 Å². The molecule has 0 saturated heterocycles. The Bertz CT molecular complexity index is 566. The number of imidazole rings is 1. The molecular formula is C10H14N6O2. The quantitative estimate of drug-likeness (QED) is 0.520. The smallest absolute Gasteiger partial charge is 0.360 e. The Hall–Kier alpha value is -2.40.